The van der Waals surface area contributed by atoms with Crippen molar-refractivity contribution in [1.29, 1.82) is 0 Å². The van der Waals surface area contributed by atoms with Crippen molar-refractivity contribution in [1.82, 2.24) is 4.98 Å². The summed E-state index contributed by atoms with van der Waals surface area (Å²) in [6.07, 6.45) is 4.45. The highest BCUT2D eigenvalue weighted by Gasteiger charge is 1.95. The highest BCUT2D eigenvalue weighted by Crippen LogP contribution is 2.13. The highest BCUT2D eigenvalue weighted by molar-refractivity contribution is 5.29. The number of pyridine rings is 1. The summed E-state index contributed by atoms with van der Waals surface area (Å²) in [6, 6.07) is 11.2. The largest absolute Gasteiger partial charge is 0.508 e. The Morgan fingerprint density at radius 1 is 0.857 bits per heavy atom. The van der Waals surface area contributed by atoms with Gasteiger partial charge in [0.05, 0.1) is 0 Å². The molecule has 0 fully saturated rings. The van der Waals surface area contributed by atoms with Gasteiger partial charge in [-0.15, -0.1) is 0 Å². The van der Waals surface area contributed by atoms with Crippen LogP contribution in [0.2, 0.25) is 0 Å². The standard InChI is InChI=1S/C12H11NO/c14-12-3-1-10(2-4-12)9-11-5-7-13-8-6-11/h1-8,14H,9H2. The molecule has 0 radical (unpaired) electrons. The fourth-order valence-corrected chi connectivity index (χ4v) is 1.35. The number of hydrogen-bond acceptors (Lipinski definition) is 2. The normalized spacial score (nSPS) is 10.0. The summed E-state index contributed by atoms with van der Waals surface area (Å²) in [6.45, 7) is 0. The van der Waals surface area contributed by atoms with E-state index in [0.29, 0.717) is 5.75 Å². The molecule has 1 aromatic heterocycles. The van der Waals surface area contributed by atoms with E-state index >= 15 is 0 Å². The molecule has 1 aromatic carbocycles. The van der Waals surface area contributed by atoms with Gasteiger partial charge in [-0.3, -0.25) is 4.98 Å². The smallest absolute Gasteiger partial charge is 0.115 e. The number of phenolic OH excluding ortho intramolecular Hbond substituents is 1. The Morgan fingerprint density at radius 3 is 2.07 bits per heavy atom. The van der Waals surface area contributed by atoms with Crippen LogP contribution in [0.15, 0.2) is 48.8 Å². The maximum absolute atomic E-state index is 9.11. The molecule has 2 heteroatoms. The molecule has 2 nitrogen and oxygen atoms in total. The quantitative estimate of drug-likeness (QED) is 0.779. The summed E-state index contributed by atoms with van der Waals surface area (Å²) >= 11 is 0. The molecule has 0 saturated carbocycles. The maximum Gasteiger partial charge on any atom is 0.115 e. The molecule has 0 atom stereocenters. The second-order valence-corrected chi connectivity index (χ2v) is 3.20. The van der Waals surface area contributed by atoms with Crippen LogP contribution in [0.1, 0.15) is 11.1 Å². The van der Waals surface area contributed by atoms with Gasteiger partial charge >= 0.3 is 0 Å². The molecule has 0 aliphatic heterocycles. The Bertz CT molecular complexity index is 394. The lowest BCUT2D eigenvalue weighted by Gasteiger charge is -2.01. The number of aromatic hydroxyl groups is 1. The van der Waals surface area contributed by atoms with Gasteiger partial charge in [0.25, 0.3) is 0 Å². The van der Waals surface area contributed by atoms with Crippen molar-refractivity contribution in [2.75, 3.05) is 0 Å². The highest BCUT2D eigenvalue weighted by atomic mass is 16.3. The molecule has 1 N–H and O–H groups in total. The van der Waals surface area contributed by atoms with Crippen molar-refractivity contribution in [3.63, 3.8) is 0 Å². The third kappa shape index (κ3) is 2.10. The van der Waals surface area contributed by atoms with Crippen LogP contribution in [0.25, 0.3) is 0 Å². The molecule has 2 rings (SSSR count). The molecule has 0 aliphatic rings. The van der Waals surface area contributed by atoms with E-state index in [1.165, 1.54) is 11.1 Å². The average molecular weight is 185 g/mol. The average Bonchev–Trinajstić information content (AvgIpc) is 2.23. The lowest BCUT2D eigenvalue weighted by molar-refractivity contribution is 0.475. The minimum atomic E-state index is 0.309. The fraction of sp³-hybridized carbons (Fsp3) is 0.0833. The van der Waals surface area contributed by atoms with Crippen LogP contribution < -0.4 is 0 Å². The van der Waals surface area contributed by atoms with E-state index in [1.54, 1.807) is 24.5 Å². The molecule has 1 heterocycles. The first-order valence-corrected chi connectivity index (χ1v) is 4.51. The Kier molecular flexibility index (Phi) is 2.45. The Labute approximate surface area is 82.9 Å². The van der Waals surface area contributed by atoms with Gasteiger partial charge in [-0.1, -0.05) is 12.1 Å². The predicted octanol–water partition coefficient (Wildman–Crippen LogP) is 2.38. The molecule has 0 saturated heterocycles. The van der Waals surface area contributed by atoms with Crippen LogP contribution in [-0.4, -0.2) is 10.1 Å². The third-order valence-corrected chi connectivity index (χ3v) is 2.09. The Balaban J connectivity index is 2.16. The van der Waals surface area contributed by atoms with Crippen molar-refractivity contribution in [2.24, 2.45) is 0 Å². The zero-order chi connectivity index (χ0) is 9.80. The topological polar surface area (TPSA) is 33.1 Å². The number of nitrogens with zero attached hydrogens (tertiary/aromatic N) is 1. The molecule has 14 heavy (non-hydrogen) atoms. The number of aromatic nitrogens is 1. The van der Waals surface area contributed by atoms with Gasteiger partial charge in [0.2, 0.25) is 0 Å². The summed E-state index contributed by atoms with van der Waals surface area (Å²) in [7, 11) is 0. The molecule has 0 amide bonds. The summed E-state index contributed by atoms with van der Waals surface area (Å²) < 4.78 is 0. The van der Waals surface area contributed by atoms with E-state index in [9.17, 15) is 0 Å². The first-order chi connectivity index (χ1) is 6.84. The second kappa shape index (κ2) is 3.92. The molecule has 0 aliphatic carbocycles. The SMILES string of the molecule is Oc1ccc(Cc2ccncc2)cc1. The molecule has 0 spiro atoms. The minimum Gasteiger partial charge on any atom is -0.508 e. The Morgan fingerprint density at radius 2 is 1.43 bits per heavy atom. The number of phenols is 1. The first kappa shape index (κ1) is 8.75. The fourth-order valence-electron chi connectivity index (χ4n) is 1.35. The van der Waals surface area contributed by atoms with Crippen LogP contribution in [0.4, 0.5) is 0 Å². The molecule has 2 aromatic rings. The Hall–Kier alpha value is -1.83. The van der Waals surface area contributed by atoms with Crippen LogP contribution in [-0.2, 0) is 6.42 Å². The van der Waals surface area contributed by atoms with E-state index in [-0.39, 0.29) is 0 Å². The summed E-state index contributed by atoms with van der Waals surface area (Å²) in [5, 5.41) is 9.11. The van der Waals surface area contributed by atoms with Crippen LogP contribution in [0.3, 0.4) is 0 Å². The van der Waals surface area contributed by atoms with Crippen molar-refractivity contribution in [3.05, 3.63) is 59.9 Å². The lowest BCUT2D eigenvalue weighted by atomic mass is 10.1. The predicted molar refractivity (Wildman–Crippen MR) is 55.1 cm³/mol. The van der Waals surface area contributed by atoms with E-state index in [4.69, 9.17) is 5.11 Å². The van der Waals surface area contributed by atoms with Crippen molar-refractivity contribution < 1.29 is 5.11 Å². The number of hydrogen-bond donors (Lipinski definition) is 1. The number of benzene rings is 1. The van der Waals surface area contributed by atoms with E-state index in [0.717, 1.165) is 6.42 Å². The lowest BCUT2D eigenvalue weighted by Crippen LogP contribution is -1.87. The van der Waals surface area contributed by atoms with Gasteiger partial charge in [0.1, 0.15) is 5.75 Å². The van der Waals surface area contributed by atoms with Gasteiger partial charge in [-0.05, 0) is 41.8 Å². The molecule has 70 valence electrons. The van der Waals surface area contributed by atoms with Crippen molar-refractivity contribution in [3.8, 4) is 5.75 Å². The zero-order valence-electron chi connectivity index (χ0n) is 7.72. The van der Waals surface area contributed by atoms with Gasteiger partial charge in [-0.2, -0.15) is 0 Å². The number of rotatable bonds is 2. The second-order valence-electron chi connectivity index (χ2n) is 3.20. The molecular formula is C12H11NO. The van der Waals surface area contributed by atoms with Crippen LogP contribution >= 0.6 is 0 Å². The molecule has 0 bridgehead atoms. The van der Waals surface area contributed by atoms with Gasteiger partial charge < -0.3 is 5.11 Å². The summed E-state index contributed by atoms with van der Waals surface area (Å²) in [5.41, 5.74) is 2.42. The van der Waals surface area contributed by atoms with Crippen molar-refractivity contribution in [2.45, 2.75) is 6.42 Å². The maximum atomic E-state index is 9.11. The monoisotopic (exact) mass is 185 g/mol. The van der Waals surface area contributed by atoms with E-state index < -0.39 is 0 Å². The minimum absolute atomic E-state index is 0.309. The van der Waals surface area contributed by atoms with E-state index in [1.807, 2.05) is 24.3 Å². The van der Waals surface area contributed by atoms with Gasteiger partial charge in [-0.25, -0.2) is 0 Å². The van der Waals surface area contributed by atoms with Crippen LogP contribution in [0, 0.1) is 0 Å². The van der Waals surface area contributed by atoms with E-state index in [2.05, 4.69) is 4.98 Å². The summed E-state index contributed by atoms with van der Waals surface area (Å²) in [4.78, 5) is 3.96. The first-order valence-electron chi connectivity index (χ1n) is 4.51. The molecule has 0 unspecified atom stereocenters. The molecular weight excluding hydrogens is 174 g/mol. The van der Waals surface area contributed by atoms with Gasteiger partial charge in [0.15, 0.2) is 0 Å². The third-order valence-electron chi connectivity index (χ3n) is 2.09. The zero-order valence-corrected chi connectivity index (χ0v) is 7.72. The van der Waals surface area contributed by atoms with Gasteiger partial charge in [0, 0.05) is 12.4 Å². The van der Waals surface area contributed by atoms with Crippen LogP contribution in [0.5, 0.6) is 5.75 Å². The summed E-state index contributed by atoms with van der Waals surface area (Å²) in [5.74, 6) is 0.309. The van der Waals surface area contributed by atoms with Crippen molar-refractivity contribution >= 4 is 0 Å².